The van der Waals surface area contributed by atoms with Gasteiger partial charge in [-0.2, -0.15) is 0 Å². The van der Waals surface area contributed by atoms with E-state index in [2.05, 4.69) is 274 Å². The molecule has 22 rings (SSSR count). The molecule has 0 fully saturated rings. The van der Waals surface area contributed by atoms with Crippen LogP contribution < -0.4 is 9.80 Å². The lowest BCUT2D eigenvalue weighted by atomic mass is 10.0. The van der Waals surface area contributed by atoms with Gasteiger partial charge in [0, 0.05) is 98.0 Å². The number of benzene rings is 14. The first kappa shape index (κ1) is 60.4. The number of rotatable bonds is 8. The Morgan fingerprint density at radius 2 is 0.632 bits per heavy atom. The molecule has 496 valence electrons. The van der Waals surface area contributed by atoms with Crippen LogP contribution in [0, 0.1) is 0 Å². The van der Waals surface area contributed by atoms with Gasteiger partial charge in [-0.25, -0.2) is 39.9 Å². The van der Waals surface area contributed by atoms with Gasteiger partial charge >= 0.3 is 0 Å². The second kappa shape index (κ2) is 24.7. The molecule has 0 atom stereocenters. The van der Waals surface area contributed by atoms with E-state index in [0.717, 1.165) is 151 Å². The van der Waals surface area contributed by atoms with Crippen LogP contribution in [0.3, 0.4) is 0 Å². The molecular formula is C92H56N12OS. The molecule has 2 aliphatic heterocycles. The molecule has 0 saturated carbocycles. The number of hydrogen-bond acceptors (Lipinski definition) is 12. The molecule has 0 spiro atoms. The monoisotopic (exact) mass is 1380 g/mol. The smallest absolute Gasteiger partial charge is 0.220 e. The highest BCUT2D eigenvalue weighted by Gasteiger charge is 2.32. The second-order valence-electron chi connectivity index (χ2n) is 26.2. The Kier molecular flexibility index (Phi) is 14.1. The molecule has 14 aromatic carbocycles. The zero-order valence-corrected chi connectivity index (χ0v) is 57.3. The Balaban J connectivity index is 0.000000136. The minimum Gasteiger partial charge on any atom is -0.456 e. The van der Waals surface area contributed by atoms with Crippen molar-refractivity contribution in [2.75, 3.05) is 9.80 Å². The summed E-state index contributed by atoms with van der Waals surface area (Å²) in [5.41, 5.74) is 21.7. The molecule has 0 radical (unpaired) electrons. The molecule has 2 aliphatic rings. The Labute approximate surface area is 611 Å². The van der Waals surface area contributed by atoms with Crippen LogP contribution in [-0.4, -0.2) is 49.0 Å². The fraction of sp³-hybridized carbons (Fsp3) is 0. The van der Waals surface area contributed by atoms with Crippen molar-refractivity contribution in [3.63, 3.8) is 0 Å². The summed E-state index contributed by atoms with van der Waals surface area (Å²) in [5.74, 6) is 5.24. The average molecular weight is 1380 g/mol. The van der Waals surface area contributed by atoms with Gasteiger partial charge in [-0.3, -0.25) is 18.9 Å². The number of thiophene rings is 1. The van der Waals surface area contributed by atoms with Crippen LogP contribution >= 0.6 is 11.3 Å². The topological polar surface area (TPSA) is 133 Å². The maximum Gasteiger partial charge on any atom is 0.220 e. The summed E-state index contributed by atoms with van der Waals surface area (Å²) in [4.78, 5) is 45.7. The van der Waals surface area contributed by atoms with Crippen molar-refractivity contribution in [2.24, 2.45) is 0 Å². The van der Waals surface area contributed by atoms with E-state index in [-0.39, 0.29) is 0 Å². The van der Waals surface area contributed by atoms with Crippen molar-refractivity contribution in [3.05, 3.63) is 340 Å². The van der Waals surface area contributed by atoms with Gasteiger partial charge in [-0.1, -0.05) is 237 Å². The first-order valence-electron chi connectivity index (χ1n) is 35.1. The summed E-state index contributed by atoms with van der Waals surface area (Å²) in [6.45, 7) is 0. The summed E-state index contributed by atoms with van der Waals surface area (Å²) in [6, 6.07) is 117. The number of hydrogen-bond donors (Lipinski definition) is 0. The fourth-order valence-electron chi connectivity index (χ4n) is 15.2. The van der Waals surface area contributed by atoms with Crippen molar-refractivity contribution >= 4 is 110 Å². The Morgan fingerprint density at radius 3 is 1.19 bits per heavy atom. The highest BCUT2D eigenvalue weighted by molar-refractivity contribution is 7.26. The third kappa shape index (κ3) is 10.1. The van der Waals surface area contributed by atoms with Crippen molar-refractivity contribution < 1.29 is 4.42 Å². The SMILES string of the molecule is c1ccc(-c2nc(-c3cccc(N4c5ccccc5-c5ccccc5-n5c4nc4ccccc45)c3)nc(-c3ccc4c(c3)oc3ccccc34)n2)cc1.c1ccc(-c2nc(-c3cccc(N4c5ccccc5-c5ccccc5-n5c4nc4ccccc45)c3)nc(-c3cccc4sc5ccccc5c34)n2)cc1. The van der Waals surface area contributed by atoms with Crippen LogP contribution in [0.4, 0.5) is 34.6 Å². The fourth-order valence-corrected chi connectivity index (χ4v) is 16.3. The largest absolute Gasteiger partial charge is 0.456 e. The van der Waals surface area contributed by atoms with E-state index in [4.69, 9.17) is 44.3 Å². The lowest BCUT2D eigenvalue weighted by Crippen LogP contribution is -2.14. The van der Waals surface area contributed by atoms with Gasteiger partial charge < -0.3 is 4.42 Å². The molecule has 13 nitrogen and oxygen atoms in total. The molecule has 8 heterocycles. The molecule has 20 aromatic rings. The number of anilines is 6. The van der Waals surface area contributed by atoms with Gasteiger partial charge in [0.1, 0.15) is 11.2 Å². The second-order valence-corrected chi connectivity index (χ2v) is 27.3. The molecule has 0 unspecified atom stereocenters. The van der Waals surface area contributed by atoms with Crippen molar-refractivity contribution in [3.8, 4) is 102 Å². The van der Waals surface area contributed by atoms with Crippen LogP contribution in [0.5, 0.6) is 0 Å². The van der Waals surface area contributed by atoms with Gasteiger partial charge in [0.15, 0.2) is 34.9 Å². The highest BCUT2D eigenvalue weighted by atomic mass is 32.1. The number of imidazole rings is 2. The third-order valence-electron chi connectivity index (χ3n) is 20.0. The predicted octanol–water partition coefficient (Wildman–Crippen LogP) is 23.6. The normalized spacial score (nSPS) is 12.1. The van der Waals surface area contributed by atoms with Crippen LogP contribution in [-0.2, 0) is 0 Å². The Morgan fingerprint density at radius 1 is 0.245 bits per heavy atom. The van der Waals surface area contributed by atoms with Crippen LogP contribution in [0.15, 0.2) is 344 Å². The van der Waals surface area contributed by atoms with Gasteiger partial charge in [-0.05, 0) is 103 Å². The van der Waals surface area contributed by atoms with Crippen molar-refractivity contribution in [1.82, 2.24) is 49.0 Å². The molecule has 106 heavy (non-hydrogen) atoms. The molecule has 0 bridgehead atoms. The summed E-state index contributed by atoms with van der Waals surface area (Å²) >= 11 is 1.79. The van der Waals surface area contributed by atoms with E-state index >= 15 is 0 Å². The maximum atomic E-state index is 6.26. The molecular weight excluding hydrogens is 1320 g/mol. The minimum atomic E-state index is 0.568. The third-order valence-corrected chi connectivity index (χ3v) is 21.1. The molecule has 6 aromatic heterocycles. The van der Waals surface area contributed by atoms with E-state index in [0.29, 0.717) is 34.9 Å². The quantitative estimate of drug-likeness (QED) is 0.144. The molecule has 0 amide bonds. The lowest BCUT2D eigenvalue weighted by Gasteiger charge is -2.25. The number of nitrogens with zero attached hydrogens (tertiary/aromatic N) is 12. The van der Waals surface area contributed by atoms with Gasteiger partial charge in [0.05, 0.1) is 44.8 Å². The summed E-state index contributed by atoms with van der Waals surface area (Å²) in [5, 5.41) is 4.51. The van der Waals surface area contributed by atoms with Crippen molar-refractivity contribution in [1.29, 1.82) is 0 Å². The summed E-state index contributed by atoms with van der Waals surface area (Å²) in [6.07, 6.45) is 0. The van der Waals surface area contributed by atoms with E-state index in [1.807, 2.05) is 84.9 Å². The predicted molar refractivity (Wildman–Crippen MR) is 429 cm³/mol. The van der Waals surface area contributed by atoms with Gasteiger partial charge in [0.2, 0.25) is 11.9 Å². The van der Waals surface area contributed by atoms with E-state index < -0.39 is 0 Å². The number of para-hydroxylation sites is 9. The van der Waals surface area contributed by atoms with E-state index in [1.165, 1.54) is 14.8 Å². The minimum absolute atomic E-state index is 0.568. The van der Waals surface area contributed by atoms with Crippen LogP contribution in [0.25, 0.3) is 166 Å². The van der Waals surface area contributed by atoms with Gasteiger partial charge in [-0.15, -0.1) is 11.3 Å². The van der Waals surface area contributed by atoms with Crippen molar-refractivity contribution in [2.45, 2.75) is 0 Å². The average Bonchev–Trinajstić information content (AvgIpc) is 1.59. The van der Waals surface area contributed by atoms with Crippen LogP contribution in [0.1, 0.15) is 0 Å². The molecule has 0 N–H and O–H groups in total. The van der Waals surface area contributed by atoms with Crippen LogP contribution in [0.2, 0.25) is 0 Å². The molecule has 0 saturated heterocycles. The molecule has 0 aliphatic carbocycles. The molecule has 14 heteroatoms. The highest BCUT2D eigenvalue weighted by Crippen LogP contribution is 2.51. The number of furan rings is 1. The Bertz CT molecular complexity index is 6900. The Hall–Kier alpha value is -14.3. The van der Waals surface area contributed by atoms with E-state index in [9.17, 15) is 0 Å². The first-order valence-corrected chi connectivity index (χ1v) is 36.0. The number of fused-ring (bicyclic) bond motifs is 20. The lowest BCUT2D eigenvalue weighted by molar-refractivity contribution is 0.669. The zero-order valence-electron chi connectivity index (χ0n) is 56.5. The standard InChI is InChI=1S/C46H28N6O.C46H28N6S/c1-2-13-29(14-3-1)43-48-44(50-45(49-43)31-25-26-36-35-19-6-11-24-41(35)53-42(36)28-31)30-15-12-16-32(27-30)51-38-21-8-4-17-33(38)34-18-5-9-22-39(34)52-40-23-10-7-20-37(40)47-46(51)52;1-2-14-29(15-3-1)43-48-44(50-45(49-43)35-21-13-27-41-42(35)34-20-6-11-26-40(34)53-41)30-16-12-17-31(28-30)51-37-23-8-4-18-32(37)33-19-5-9-24-38(33)52-39-25-10-7-22-36(39)47-46(51)52/h2*1-28H. The summed E-state index contributed by atoms with van der Waals surface area (Å²) < 4.78 is 13.2. The summed E-state index contributed by atoms with van der Waals surface area (Å²) in [7, 11) is 0. The first-order chi connectivity index (χ1) is 52.5. The van der Waals surface area contributed by atoms with E-state index in [1.54, 1.807) is 11.3 Å². The number of aromatic nitrogens is 10. The van der Waals surface area contributed by atoms with Gasteiger partial charge in [0.25, 0.3) is 0 Å². The zero-order chi connectivity index (χ0) is 69.8. The maximum absolute atomic E-state index is 6.26.